The fourth-order valence-electron chi connectivity index (χ4n) is 1.55. The van der Waals surface area contributed by atoms with Crippen molar-refractivity contribution in [1.29, 1.82) is 0 Å². The number of nitrogen functional groups attached to an aromatic ring is 1. The Kier molecular flexibility index (Phi) is 3.07. The van der Waals surface area contributed by atoms with Crippen molar-refractivity contribution in [3.05, 3.63) is 0 Å². The zero-order valence-electron chi connectivity index (χ0n) is 9.60. The summed E-state index contributed by atoms with van der Waals surface area (Å²) in [6, 6.07) is 0.650. The highest BCUT2D eigenvalue weighted by Crippen LogP contribution is 2.33. The lowest BCUT2D eigenvalue weighted by Crippen LogP contribution is -2.20. The molecule has 88 valence electrons. The Balaban J connectivity index is 2.06. The minimum absolute atomic E-state index is 0.184. The quantitative estimate of drug-likeness (QED) is 0.776. The first-order chi connectivity index (χ1) is 7.69. The maximum absolute atomic E-state index is 5.57. The van der Waals surface area contributed by atoms with Gasteiger partial charge in [0, 0.05) is 6.04 Å². The Hall–Kier alpha value is -1.59. The maximum atomic E-state index is 5.57. The predicted octanol–water partition coefficient (Wildman–Crippen LogP) is 1.06. The third-order valence-electron chi connectivity index (χ3n) is 2.59. The smallest absolute Gasteiger partial charge is 0.323 e. The second-order valence-electron chi connectivity index (χ2n) is 4.00. The van der Waals surface area contributed by atoms with Crippen molar-refractivity contribution in [2.45, 2.75) is 32.7 Å². The zero-order valence-corrected chi connectivity index (χ0v) is 9.60. The average Bonchev–Trinajstić information content (AvgIpc) is 2.99. The van der Waals surface area contributed by atoms with E-state index >= 15 is 0 Å². The van der Waals surface area contributed by atoms with E-state index in [-0.39, 0.29) is 12.0 Å². The lowest BCUT2D eigenvalue weighted by molar-refractivity contribution is 0.312. The minimum atomic E-state index is 0.184. The van der Waals surface area contributed by atoms with E-state index in [1.807, 2.05) is 6.92 Å². The van der Waals surface area contributed by atoms with Crippen LogP contribution in [-0.4, -0.2) is 27.6 Å². The maximum Gasteiger partial charge on any atom is 0.323 e. The molecule has 0 spiro atoms. The number of rotatable bonds is 5. The molecule has 1 saturated carbocycles. The molecule has 0 aliphatic heterocycles. The number of anilines is 2. The summed E-state index contributed by atoms with van der Waals surface area (Å²) in [7, 11) is 0. The van der Waals surface area contributed by atoms with Gasteiger partial charge in [-0.05, 0) is 32.6 Å². The van der Waals surface area contributed by atoms with E-state index in [1.54, 1.807) is 0 Å². The molecule has 16 heavy (non-hydrogen) atoms. The van der Waals surface area contributed by atoms with Gasteiger partial charge in [0.15, 0.2) is 0 Å². The number of nitrogens with zero attached hydrogens (tertiary/aromatic N) is 3. The minimum Gasteiger partial charge on any atom is -0.464 e. The van der Waals surface area contributed by atoms with Gasteiger partial charge in [0.25, 0.3) is 0 Å². The first-order valence-electron chi connectivity index (χ1n) is 5.60. The number of hydrogen-bond acceptors (Lipinski definition) is 6. The van der Waals surface area contributed by atoms with Crippen molar-refractivity contribution in [3.8, 4) is 6.01 Å². The Morgan fingerprint density at radius 1 is 1.44 bits per heavy atom. The van der Waals surface area contributed by atoms with Crippen molar-refractivity contribution >= 4 is 11.9 Å². The Morgan fingerprint density at radius 2 is 2.19 bits per heavy atom. The molecular formula is C10H17N5O. The molecule has 0 bridgehead atoms. The van der Waals surface area contributed by atoms with Crippen LogP contribution in [0.15, 0.2) is 0 Å². The van der Waals surface area contributed by atoms with Crippen molar-refractivity contribution in [3.63, 3.8) is 0 Å². The monoisotopic (exact) mass is 223 g/mol. The Bertz CT molecular complexity index is 366. The van der Waals surface area contributed by atoms with Gasteiger partial charge in [0.2, 0.25) is 11.9 Å². The Morgan fingerprint density at radius 3 is 2.81 bits per heavy atom. The van der Waals surface area contributed by atoms with Gasteiger partial charge in [-0.3, -0.25) is 0 Å². The summed E-state index contributed by atoms with van der Waals surface area (Å²) in [5.74, 6) is 1.41. The van der Waals surface area contributed by atoms with Gasteiger partial charge < -0.3 is 15.8 Å². The number of nitrogens with two attached hydrogens (primary N) is 1. The number of nitrogens with one attached hydrogen (secondary N) is 1. The van der Waals surface area contributed by atoms with Gasteiger partial charge in [-0.2, -0.15) is 15.0 Å². The topological polar surface area (TPSA) is 86.0 Å². The summed E-state index contributed by atoms with van der Waals surface area (Å²) in [5.41, 5.74) is 5.57. The van der Waals surface area contributed by atoms with Crippen molar-refractivity contribution in [1.82, 2.24) is 15.0 Å². The SMILES string of the molecule is CCOc1nc(N)nc(NC(C)C2CC2)n1. The molecule has 1 aromatic heterocycles. The molecule has 1 unspecified atom stereocenters. The molecule has 1 aliphatic carbocycles. The molecule has 1 aliphatic rings. The lowest BCUT2D eigenvalue weighted by Gasteiger charge is -2.13. The van der Waals surface area contributed by atoms with Gasteiger partial charge in [0.1, 0.15) is 0 Å². The molecule has 3 N–H and O–H groups in total. The van der Waals surface area contributed by atoms with E-state index in [1.165, 1.54) is 12.8 Å². The molecule has 1 fully saturated rings. The highest BCUT2D eigenvalue weighted by atomic mass is 16.5. The van der Waals surface area contributed by atoms with E-state index in [9.17, 15) is 0 Å². The number of ether oxygens (including phenoxy) is 1. The summed E-state index contributed by atoms with van der Waals surface area (Å²) in [6.07, 6.45) is 2.54. The second-order valence-corrected chi connectivity index (χ2v) is 4.00. The van der Waals surface area contributed by atoms with E-state index in [2.05, 4.69) is 27.2 Å². The summed E-state index contributed by atoms with van der Waals surface area (Å²) in [5, 5.41) is 3.22. The molecule has 6 nitrogen and oxygen atoms in total. The van der Waals surface area contributed by atoms with Gasteiger partial charge in [0.05, 0.1) is 6.61 Å². The van der Waals surface area contributed by atoms with Crippen LogP contribution in [0.3, 0.4) is 0 Å². The first kappa shape index (κ1) is 10.9. The molecular weight excluding hydrogens is 206 g/mol. The summed E-state index contributed by atoms with van der Waals surface area (Å²) >= 11 is 0. The van der Waals surface area contributed by atoms with Crippen LogP contribution < -0.4 is 15.8 Å². The second kappa shape index (κ2) is 4.51. The number of hydrogen-bond donors (Lipinski definition) is 2. The highest BCUT2D eigenvalue weighted by Gasteiger charge is 2.28. The van der Waals surface area contributed by atoms with Gasteiger partial charge >= 0.3 is 6.01 Å². The average molecular weight is 223 g/mol. The van der Waals surface area contributed by atoms with Crippen LogP contribution in [0.25, 0.3) is 0 Å². The normalized spacial score (nSPS) is 16.9. The van der Waals surface area contributed by atoms with Crippen LogP contribution in [0, 0.1) is 5.92 Å². The number of aromatic nitrogens is 3. The third-order valence-corrected chi connectivity index (χ3v) is 2.59. The summed E-state index contributed by atoms with van der Waals surface area (Å²) < 4.78 is 5.20. The van der Waals surface area contributed by atoms with Gasteiger partial charge in [-0.15, -0.1) is 0 Å². The molecule has 0 amide bonds. The molecule has 0 saturated heterocycles. The fourth-order valence-corrected chi connectivity index (χ4v) is 1.55. The van der Waals surface area contributed by atoms with Crippen molar-refractivity contribution < 1.29 is 4.74 Å². The van der Waals surface area contributed by atoms with Gasteiger partial charge in [-0.25, -0.2) is 0 Å². The van der Waals surface area contributed by atoms with Crippen LogP contribution >= 0.6 is 0 Å². The molecule has 1 heterocycles. The molecule has 0 aromatic carbocycles. The van der Waals surface area contributed by atoms with Crippen LogP contribution in [0.4, 0.5) is 11.9 Å². The fraction of sp³-hybridized carbons (Fsp3) is 0.700. The summed E-state index contributed by atoms with van der Waals surface area (Å²) in [6.45, 7) is 4.51. The van der Waals surface area contributed by atoms with Crippen LogP contribution in [-0.2, 0) is 0 Å². The largest absolute Gasteiger partial charge is 0.464 e. The van der Waals surface area contributed by atoms with Crippen molar-refractivity contribution in [2.75, 3.05) is 17.7 Å². The van der Waals surface area contributed by atoms with E-state index in [0.717, 1.165) is 5.92 Å². The Labute approximate surface area is 94.6 Å². The molecule has 0 radical (unpaired) electrons. The third kappa shape index (κ3) is 2.71. The van der Waals surface area contributed by atoms with E-state index in [0.29, 0.717) is 18.6 Å². The van der Waals surface area contributed by atoms with Crippen LogP contribution in [0.5, 0.6) is 6.01 Å². The highest BCUT2D eigenvalue weighted by molar-refractivity contribution is 5.33. The summed E-state index contributed by atoms with van der Waals surface area (Å²) in [4.78, 5) is 12.1. The predicted molar refractivity (Wildman–Crippen MR) is 61.2 cm³/mol. The standard InChI is InChI=1S/C10H17N5O/c1-3-16-10-14-8(11)13-9(15-10)12-6(2)7-4-5-7/h6-7H,3-5H2,1-2H3,(H3,11,12,13,14,15). The first-order valence-corrected chi connectivity index (χ1v) is 5.60. The van der Waals surface area contributed by atoms with Crippen LogP contribution in [0.2, 0.25) is 0 Å². The molecule has 1 aromatic rings. The van der Waals surface area contributed by atoms with E-state index < -0.39 is 0 Å². The van der Waals surface area contributed by atoms with Crippen LogP contribution in [0.1, 0.15) is 26.7 Å². The zero-order chi connectivity index (χ0) is 11.5. The van der Waals surface area contributed by atoms with Crippen molar-refractivity contribution in [2.24, 2.45) is 5.92 Å². The van der Waals surface area contributed by atoms with E-state index in [4.69, 9.17) is 10.5 Å². The van der Waals surface area contributed by atoms with Gasteiger partial charge in [-0.1, -0.05) is 0 Å². The molecule has 1 atom stereocenters. The molecule has 2 rings (SSSR count). The lowest BCUT2D eigenvalue weighted by atomic mass is 10.2. The molecule has 6 heteroatoms.